The quantitative estimate of drug-likeness (QED) is 0.881. The fourth-order valence-corrected chi connectivity index (χ4v) is 4.34. The van der Waals surface area contributed by atoms with Crippen LogP contribution in [0.15, 0.2) is 59.5 Å². The second-order valence-electron chi connectivity index (χ2n) is 7.19. The van der Waals surface area contributed by atoms with Gasteiger partial charge in [-0.25, -0.2) is 0 Å². The smallest absolute Gasteiger partial charge is 0.240 e. The van der Waals surface area contributed by atoms with Crippen LogP contribution in [0.25, 0.3) is 0 Å². The highest BCUT2D eigenvalue weighted by Gasteiger charge is 2.33. The van der Waals surface area contributed by atoms with E-state index in [0.29, 0.717) is 6.42 Å². The maximum absolute atomic E-state index is 12.8. The summed E-state index contributed by atoms with van der Waals surface area (Å²) in [5.74, 6) is -0.177. The molecule has 0 saturated heterocycles. The van der Waals surface area contributed by atoms with E-state index in [2.05, 4.69) is 19.2 Å². The van der Waals surface area contributed by atoms with Crippen molar-refractivity contribution in [1.82, 2.24) is 5.32 Å². The lowest BCUT2D eigenvalue weighted by atomic mass is 10.1. The van der Waals surface area contributed by atoms with Gasteiger partial charge in [-0.1, -0.05) is 42.5 Å². The van der Waals surface area contributed by atoms with Crippen LogP contribution in [0.3, 0.4) is 0 Å². The van der Waals surface area contributed by atoms with Crippen molar-refractivity contribution in [2.75, 3.05) is 11.4 Å². The Labute approximate surface area is 159 Å². The fraction of sp³-hybridized carbons (Fsp3) is 0.333. The Bertz CT molecular complexity index is 805. The lowest BCUT2D eigenvalue weighted by molar-refractivity contribution is -0.124. The first kappa shape index (κ1) is 18.5. The maximum Gasteiger partial charge on any atom is 0.240 e. The third-order valence-electron chi connectivity index (χ3n) is 4.40. The van der Waals surface area contributed by atoms with Crippen molar-refractivity contribution in [1.29, 1.82) is 0 Å². The third kappa shape index (κ3) is 4.28. The van der Waals surface area contributed by atoms with E-state index in [1.54, 1.807) is 16.7 Å². The van der Waals surface area contributed by atoms with Gasteiger partial charge in [0.1, 0.15) is 6.54 Å². The van der Waals surface area contributed by atoms with Crippen LogP contribution in [0, 0.1) is 0 Å². The molecule has 3 rings (SSSR count). The number of para-hydroxylation sites is 1. The van der Waals surface area contributed by atoms with Crippen LogP contribution in [-0.4, -0.2) is 23.1 Å². The van der Waals surface area contributed by atoms with Gasteiger partial charge in [-0.05, 0) is 38.5 Å². The molecule has 4 nitrogen and oxygen atoms in total. The molecule has 0 aliphatic carbocycles. The summed E-state index contributed by atoms with van der Waals surface area (Å²) in [6.45, 7) is 6.11. The van der Waals surface area contributed by atoms with Crippen molar-refractivity contribution in [3.63, 3.8) is 0 Å². The molecule has 2 amide bonds. The Morgan fingerprint density at radius 2 is 1.81 bits per heavy atom. The minimum absolute atomic E-state index is 0.0186. The van der Waals surface area contributed by atoms with Crippen molar-refractivity contribution in [3.05, 3.63) is 60.2 Å². The number of hydrogen-bond acceptors (Lipinski definition) is 3. The Morgan fingerprint density at radius 1 is 1.15 bits per heavy atom. The van der Waals surface area contributed by atoms with Crippen molar-refractivity contribution in [3.8, 4) is 0 Å². The Kier molecular flexibility index (Phi) is 5.37. The largest absolute Gasteiger partial charge is 0.348 e. The van der Waals surface area contributed by atoms with Crippen LogP contribution < -0.4 is 10.2 Å². The summed E-state index contributed by atoms with van der Waals surface area (Å²) in [5, 5.41) is 3.00. The van der Waals surface area contributed by atoms with E-state index in [-0.39, 0.29) is 29.1 Å². The number of rotatable bonds is 4. The van der Waals surface area contributed by atoms with Gasteiger partial charge in [0.2, 0.25) is 11.8 Å². The highest BCUT2D eigenvalue weighted by Crippen LogP contribution is 2.43. The van der Waals surface area contributed by atoms with Gasteiger partial charge in [-0.3, -0.25) is 9.59 Å². The first-order valence-corrected chi connectivity index (χ1v) is 9.60. The van der Waals surface area contributed by atoms with Crippen molar-refractivity contribution in [2.45, 2.75) is 42.9 Å². The number of nitrogens with one attached hydrogen (secondary N) is 1. The third-order valence-corrected chi connectivity index (χ3v) is 5.66. The number of thioether (sulfide) groups is 1. The molecule has 1 aliphatic rings. The number of benzene rings is 2. The molecule has 1 heterocycles. The number of anilines is 1. The standard InChI is InChI=1S/C21H24N2O2S/c1-15(16-9-5-4-6-10-16)22-19(24)14-23-17-11-7-8-12-18(17)26-21(2,3)13-20(23)25/h4-12,15H,13-14H2,1-3H3,(H,22,24). The van der Waals surface area contributed by atoms with Crippen LogP contribution in [0.1, 0.15) is 38.8 Å². The molecular formula is C21H24N2O2S. The number of carbonyl (C=O) groups excluding carboxylic acids is 2. The lowest BCUT2D eigenvalue weighted by Gasteiger charge is -2.24. The van der Waals surface area contributed by atoms with E-state index in [1.165, 1.54) is 0 Å². The lowest BCUT2D eigenvalue weighted by Crippen LogP contribution is -2.42. The number of nitrogens with zero attached hydrogens (tertiary/aromatic N) is 1. The van der Waals surface area contributed by atoms with Gasteiger partial charge in [0.05, 0.1) is 11.7 Å². The summed E-state index contributed by atoms with van der Waals surface area (Å²) in [6, 6.07) is 17.5. The van der Waals surface area contributed by atoms with Gasteiger partial charge < -0.3 is 10.2 Å². The number of amides is 2. The molecule has 5 heteroatoms. The molecule has 0 fully saturated rings. The molecule has 1 N–H and O–H groups in total. The molecule has 0 aromatic heterocycles. The first-order chi connectivity index (χ1) is 12.4. The van der Waals surface area contributed by atoms with E-state index in [4.69, 9.17) is 0 Å². The van der Waals surface area contributed by atoms with Crippen molar-refractivity contribution < 1.29 is 9.59 Å². The molecule has 0 spiro atoms. The van der Waals surface area contributed by atoms with Gasteiger partial charge in [0.25, 0.3) is 0 Å². The zero-order valence-electron chi connectivity index (χ0n) is 15.4. The summed E-state index contributed by atoms with van der Waals surface area (Å²) in [7, 11) is 0. The molecule has 136 valence electrons. The van der Waals surface area contributed by atoms with Gasteiger partial charge >= 0.3 is 0 Å². The first-order valence-electron chi connectivity index (χ1n) is 8.78. The van der Waals surface area contributed by atoms with E-state index in [9.17, 15) is 9.59 Å². The van der Waals surface area contributed by atoms with Crippen LogP contribution in [0.5, 0.6) is 0 Å². The molecule has 0 radical (unpaired) electrons. The average Bonchev–Trinajstić information content (AvgIpc) is 2.69. The van der Waals surface area contributed by atoms with Crippen LogP contribution in [0.2, 0.25) is 0 Å². The van der Waals surface area contributed by atoms with Crippen molar-refractivity contribution >= 4 is 29.3 Å². The predicted molar refractivity (Wildman–Crippen MR) is 106 cm³/mol. The summed E-state index contributed by atoms with van der Waals surface area (Å²) in [4.78, 5) is 28.1. The molecule has 1 atom stereocenters. The Morgan fingerprint density at radius 3 is 2.54 bits per heavy atom. The van der Waals surface area contributed by atoms with E-state index in [1.807, 2.05) is 61.5 Å². The van der Waals surface area contributed by atoms with Gasteiger partial charge in [0, 0.05) is 16.1 Å². The minimum Gasteiger partial charge on any atom is -0.348 e. The second kappa shape index (κ2) is 7.54. The maximum atomic E-state index is 12.8. The summed E-state index contributed by atoms with van der Waals surface area (Å²) < 4.78 is -0.199. The van der Waals surface area contributed by atoms with E-state index < -0.39 is 0 Å². The topological polar surface area (TPSA) is 49.4 Å². The molecule has 0 bridgehead atoms. The molecule has 26 heavy (non-hydrogen) atoms. The molecule has 1 unspecified atom stereocenters. The van der Waals surface area contributed by atoms with Gasteiger partial charge in [-0.2, -0.15) is 0 Å². The van der Waals surface area contributed by atoms with Gasteiger partial charge in [0.15, 0.2) is 0 Å². The molecule has 0 saturated carbocycles. The Hall–Kier alpha value is -2.27. The average molecular weight is 369 g/mol. The van der Waals surface area contributed by atoms with E-state index in [0.717, 1.165) is 16.1 Å². The highest BCUT2D eigenvalue weighted by molar-refractivity contribution is 8.00. The van der Waals surface area contributed by atoms with E-state index >= 15 is 0 Å². The zero-order chi connectivity index (χ0) is 18.7. The fourth-order valence-electron chi connectivity index (χ4n) is 3.12. The molecule has 2 aromatic rings. The van der Waals surface area contributed by atoms with Crippen LogP contribution in [-0.2, 0) is 9.59 Å². The normalized spacial score (nSPS) is 17.2. The monoisotopic (exact) mass is 368 g/mol. The summed E-state index contributed by atoms with van der Waals surface area (Å²) in [5.41, 5.74) is 1.86. The number of carbonyl (C=O) groups is 2. The number of hydrogen-bond donors (Lipinski definition) is 1. The zero-order valence-corrected chi connectivity index (χ0v) is 16.2. The molecule has 1 aliphatic heterocycles. The van der Waals surface area contributed by atoms with Crippen molar-refractivity contribution in [2.24, 2.45) is 0 Å². The van der Waals surface area contributed by atoms with Gasteiger partial charge in [-0.15, -0.1) is 11.8 Å². The van der Waals surface area contributed by atoms with Crippen LogP contribution in [0.4, 0.5) is 5.69 Å². The SMILES string of the molecule is CC(NC(=O)CN1C(=O)CC(C)(C)Sc2ccccc21)c1ccccc1. The number of fused-ring (bicyclic) bond motifs is 1. The minimum atomic E-state index is -0.199. The highest BCUT2D eigenvalue weighted by atomic mass is 32.2. The van der Waals surface area contributed by atoms with Crippen LogP contribution >= 0.6 is 11.8 Å². The Balaban J connectivity index is 1.78. The molecular weight excluding hydrogens is 344 g/mol. The summed E-state index contributed by atoms with van der Waals surface area (Å²) >= 11 is 1.69. The summed E-state index contributed by atoms with van der Waals surface area (Å²) in [6.07, 6.45) is 0.397. The predicted octanol–water partition coefficient (Wildman–Crippen LogP) is 4.17. The second-order valence-corrected chi connectivity index (χ2v) is 8.94. The molecule has 2 aromatic carbocycles.